The van der Waals surface area contributed by atoms with Gasteiger partial charge in [0.15, 0.2) is 0 Å². The molecule has 0 radical (unpaired) electrons. The van der Waals surface area contributed by atoms with Gasteiger partial charge in [-0.3, -0.25) is 0 Å². The highest BCUT2D eigenvalue weighted by atomic mass is 16.4. The van der Waals surface area contributed by atoms with Crippen molar-refractivity contribution in [2.75, 3.05) is 0 Å². The van der Waals surface area contributed by atoms with Gasteiger partial charge in [-0.05, 0) is 11.6 Å². The number of nitriles is 1. The normalized spacial score (nSPS) is 11.7. The Labute approximate surface area is 81.6 Å². The summed E-state index contributed by atoms with van der Waals surface area (Å²) in [5.74, 6) is -1.02. The molecule has 1 rings (SSSR count). The standard InChI is InChI=1S/C10H10N2O2/c11-6-5-9(12)7-3-1-2-4-8(7)10(13)14/h1-4,9H,5,12H2,(H,13,14)/t9-/m1/s1. The van der Waals surface area contributed by atoms with E-state index < -0.39 is 12.0 Å². The van der Waals surface area contributed by atoms with E-state index in [0.29, 0.717) is 5.56 Å². The third-order valence-electron chi connectivity index (χ3n) is 1.90. The van der Waals surface area contributed by atoms with E-state index in [1.807, 2.05) is 6.07 Å². The van der Waals surface area contributed by atoms with Crippen LogP contribution in [-0.2, 0) is 0 Å². The maximum atomic E-state index is 10.8. The van der Waals surface area contributed by atoms with Crippen molar-refractivity contribution in [2.45, 2.75) is 12.5 Å². The summed E-state index contributed by atoms with van der Waals surface area (Å²) in [5.41, 5.74) is 6.32. The van der Waals surface area contributed by atoms with Gasteiger partial charge in [-0.1, -0.05) is 18.2 Å². The van der Waals surface area contributed by atoms with Gasteiger partial charge in [0.1, 0.15) is 0 Å². The van der Waals surface area contributed by atoms with Crippen LogP contribution in [0.2, 0.25) is 0 Å². The third kappa shape index (κ3) is 2.09. The highest BCUT2D eigenvalue weighted by Gasteiger charge is 2.14. The molecule has 0 saturated heterocycles. The van der Waals surface area contributed by atoms with E-state index >= 15 is 0 Å². The number of carboxylic acids is 1. The van der Waals surface area contributed by atoms with Crippen LogP contribution in [0.5, 0.6) is 0 Å². The Morgan fingerprint density at radius 1 is 1.57 bits per heavy atom. The van der Waals surface area contributed by atoms with Gasteiger partial charge in [0.25, 0.3) is 0 Å². The second-order valence-corrected chi connectivity index (χ2v) is 2.86. The molecule has 4 heteroatoms. The number of nitrogens with zero attached hydrogens (tertiary/aromatic N) is 1. The molecule has 0 aromatic heterocycles. The summed E-state index contributed by atoms with van der Waals surface area (Å²) < 4.78 is 0. The van der Waals surface area contributed by atoms with Crippen LogP contribution in [0, 0.1) is 11.3 Å². The van der Waals surface area contributed by atoms with E-state index in [2.05, 4.69) is 0 Å². The summed E-state index contributed by atoms with van der Waals surface area (Å²) in [6.45, 7) is 0. The Morgan fingerprint density at radius 3 is 2.79 bits per heavy atom. The van der Waals surface area contributed by atoms with Gasteiger partial charge in [0, 0.05) is 6.04 Å². The van der Waals surface area contributed by atoms with Gasteiger partial charge >= 0.3 is 5.97 Å². The molecule has 1 atom stereocenters. The zero-order valence-corrected chi connectivity index (χ0v) is 7.47. The maximum Gasteiger partial charge on any atom is 0.336 e. The van der Waals surface area contributed by atoms with Crippen molar-refractivity contribution < 1.29 is 9.90 Å². The molecule has 72 valence electrons. The third-order valence-corrected chi connectivity index (χ3v) is 1.90. The first-order chi connectivity index (χ1) is 6.66. The minimum atomic E-state index is -1.02. The summed E-state index contributed by atoms with van der Waals surface area (Å²) in [5, 5.41) is 17.3. The molecule has 1 aromatic carbocycles. The van der Waals surface area contributed by atoms with Crippen molar-refractivity contribution in [1.29, 1.82) is 5.26 Å². The quantitative estimate of drug-likeness (QED) is 0.751. The molecule has 0 aliphatic heterocycles. The van der Waals surface area contributed by atoms with Gasteiger partial charge in [0.05, 0.1) is 18.1 Å². The molecule has 1 aromatic rings. The number of hydrogen-bond donors (Lipinski definition) is 2. The molecule has 0 spiro atoms. The fourth-order valence-corrected chi connectivity index (χ4v) is 1.22. The van der Waals surface area contributed by atoms with E-state index in [9.17, 15) is 4.79 Å². The van der Waals surface area contributed by atoms with Crippen LogP contribution < -0.4 is 5.73 Å². The molecule has 0 bridgehead atoms. The zero-order chi connectivity index (χ0) is 10.6. The molecule has 0 unspecified atom stereocenters. The van der Waals surface area contributed by atoms with Crippen LogP contribution >= 0.6 is 0 Å². The molecule has 0 fully saturated rings. The molecule has 0 heterocycles. The van der Waals surface area contributed by atoms with E-state index in [1.54, 1.807) is 18.2 Å². The van der Waals surface area contributed by atoms with Gasteiger partial charge in [-0.15, -0.1) is 0 Å². The van der Waals surface area contributed by atoms with Crippen LogP contribution in [0.1, 0.15) is 28.4 Å². The lowest BCUT2D eigenvalue weighted by Crippen LogP contribution is -2.14. The van der Waals surface area contributed by atoms with Crippen molar-refractivity contribution in [3.8, 4) is 6.07 Å². The van der Waals surface area contributed by atoms with Crippen molar-refractivity contribution >= 4 is 5.97 Å². The highest BCUT2D eigenvalue weighted by molar-refractivity contribution is 5.89. The van der Waals surface area contributed by atoms with Crippen LogP contribution in [0.3, 0.4) is 0 Å². The van der Waals surface area contributed by atoms with Gasteiger partial charge in [0.2, 0.25) is 0 Å². The molecule has 0 amide bonds. The molecular weight excluding hydrogens is 180 g/mol. The van der Waals surface area contributed by atoms with Gasteiger partial charge < -0.3 is 10.8 Å². The molecular formula is C10H10N2O2. The van der Waals surface area contributed by atoms with Gasteiger partial charge in [-0.25, -0.2) is 4.79 Å². The average Bonchev–Trinajstić information content (AvgIpc) is 2.18. The lowest BCUT2D eigenvalue weighted by molar-refractivity contribution is 0.0695. The lowest BCUT2D eigenvalue weighted by atomic mass is 9.99. The number of rotatable bonds is 3. The Kier molecular flexibility index (Phi) is 3.21. The predicted molar refractivity (Wildman–Crippen MR) is 50.6 cm³/mol. The van der Waals surface area contributed by atoms with Crippen LogP contribution in [0.25, 0.3) is 0 Å². The number of carbonyl (C=O) groups is 1. The van der Waals surface area contributed by atoms with Crippen molar-refractivity contribution in [3.63, 3.8) is 0 Å². The Balaban J connectivity index is 3.08. The van der Waals surface area contributed by atoms with Gasteiger partial charge in [-0.2, -0.15) is 5.26 Å². The largest absolute Gasteiger partial charge is 0.478 e. The monoisotopic (exact) mass is 190 g/mol. The minimum absolute atomic E-state index is 0.115. The second kappa shape index (κ2) is 4.40. The van der Waals surface area contributed by atoms with Crippen LogP contribution in [0.15, 0.2) is 24.3 Å². The first kappa shape index (κ1) is 10.2. The zero-order valence-electron chi connectivity index (χ0n) is 7.47. The topological polar surface area (TPSA) is 87.1 Å². The maximum absolute atomic E-state index is 10.8. The van der Waals surface area contributed by atoms with Crippen LogP contribution in [0.4, 0.5) is 0 Å². The number of carboxylic acid groups (broad SMARTS) is 1. The molecule has 0 aliphatic rings. The summed E-state index contributed by atoms with van der Waals surface area (Å²) in [7, 11) is 0. The van der Waals surface area contributed by atoms with E-state index in [1.165, 1.54) is 6.07 Å². The fourth-order valence-electron chi connectivity index (χ4n) is 1.22. The summed E-state index contributed by atoms with van der Waals surface area (Å²) in [6.07, 6.45) is 0.115. The first-order valence-electron chi connectivity index (χ1n) is 4.11. The summed E-state index contributed by atoms with van der Waals surface area (Å²) in [4.78, 5) is 10.8. The smallest absolute Gasteiger partial charge is 0.336 e. The van der Waals surface area contributed by atoms with E-state index in [0.717, 1.165) is 0 Å². The fraction of sp³-hybridized carbons (Fsp3) is 0.200. The minimum Gasteiger partial charge on any atom is -0.478 e. The Morgan fingerprint density at radius 2 is 2.21 bits per heavy atom. The predicted octanol–water partition coefficient (Wildman–Crippen LogP) is 1.30. The first-order valence-corrected chi connectivity index (χ1v) is 4.11. The molecule has 3 N–H and O–H groups in total. The van der Waals surface area contributed by atoms with E-state index in [-0.39, 0.29) is 12.0 Å². The highest BCUT2D eigenvalue weighted by Crippen LogP contribution is 2.18. The SMILES string of the molecule is N#CC[C@@H](N)c1ccccc1C(=O)O. The molecule has 0 saturated carbocycles. The Bertz CT molecular complexity index is 382. The second-order valence-electron chi connectivity index (χ2n) is 2.86. The van der Waals surface area contributed by atoms with Crippen molar-refractivity contribution in [1.82, 2.24) is 0 Å². The number of aromatic carboxylic acids is 1. The Hall–Kier alpha value is -1.86. The number of nitrogens with two attached hydrogens (primary N) is 1. The van der Waals surface area contributed by atoms with Crippen molar-refractivity contribution in [2.24, 2.45) is 5.73 Å². The lowest BCUT2D eigenvalue weighted by Gasteiger charge is -2.10. The summed E-state index contributed by atoms with van der Waals surface area (Å²) in [6, 6.07) is 7.83. The average molecular weight is 190 g/mol. The molecule has 14 heavy (non-hydrogen) atoms. The van der Waals surface area contributed by atoms with Crippen molar-refractivity contribution in [3.05, 3.63) is 35.4 Å². The van der Waals surface area contributed by atoms with Crippen LogP contribution in [-0.4, -0.2) is 11.1 Å². The number of benzene rings is 1. The van der Waals surface area contributed by atoms with E-state index in [4.69, 9.17) is 16.1 Å². The molecule has 4 nitrogen and oxygen atoms in total. The summed E-state index contributed by atoms with van der Waals surface area (Å²) >= 11 is 0. The number of hydrogen-bond acceptors (Lipinski definition) is 3. The molecule has 0 aliphatic carbocycles.